The fraction of sp³-hybridized carbons (Fsp3) is 0.333. The van der Waals surface area contributed by atoms with Crippen molar-refractivity contribution in [3.63, 3.8) is 0 Å². The summed E-state index contributed by atoms with van der Waals surface area (Å²) in [5.41, 5.74) is 3.00. The first-order chi connectivity index (χ1) is 9.61. The van der Waals surface area contributed by atoms with Gasteiger partial charge in [-0.15, -0.1) is 0 Å². The van der Waals surface area contributed by atoms with E-state index in [0.29, 0.717) is 17.0 Å². The maximum Gasteiger partial charge on any atom is 0.261 e. The largest absolute Gasteiger partial charge is 0.361 e. The van der Waals surface area contributed by atoms with Crippen LogP contribution in [-0.4, -0.2) is 17.6 Å². The maximum absolute atomic E-state index is 12.2. The Morgan fingerprint density at radius 2 is 2.15 bits per heavy atom. The Hall–Kier alpha value is -2.14. The van der Waals surface area contributed by atoms with Gasteiger partial charge in [0, 0.05) is 12.2 Å². The molecule has 0 atom stereocenters. The normalized spacial score (nSPS) is 10.6. The molecule has 0 aliphatic rings. The number of aromatic nitrogens is 1. The predicted octanol–water partition coefficient (Wildman–Crippen LogP) is 2.65. The lowest BCUT2D eigenvalue weighted by Crippen LogP contribution is -2.15. The number of nitrogens with one attached hydrogen (secondary N) is 2. The summed E-state index contributed by atoms with van der Waals surface area (Å²) >= 11 is 0. The molecule has 0 aliphatic heterocycles. The summed E-state index contributed by atoms with van der Waals surface area (Å²) in [4.78, 5) is 12.2. The zero-order valence-electron chi connectivity index (χ0n) is 12.0. The molecule has 5 heteroatoms. The molecule has 106 valence electrons. The molecule has 1 aromatic heterocycles. The summed E-state index contributed by atoms with van der Waals surface area (Å²) in [6.07, 6.45) is 0. The van der Waals surface area contributed by atoms with E-state index in [1.165, 1.54) is 0 Å². The van der Waals surface area contributed by atoms with Crippen LogP contribution in [0.4, 0.5) is 5.69 Å². The van der Waals surface area contributed by atoms with E-state index in [4.69, 9.17) is 4.52 Å². The number of rotatable bonds is 5. The van der Waals surface area contributed by atoms with Gasteiger partial charge < -0.3 is 15.2 Å². The van der Waals surface area contributed by atoms with Crippen LogP contribution in [0.3, 0.4) is 0 Å². The summed E-state index contributed by atoms with van der Waals surface area (Å²) in [7, 11) is 0. The number of anilines is 1. The smallest absolute Gasteiger partial charge is 0.261 e. The van der Waals surface area contributed by atoms with Crippen LogP contribution in [0, 0.1) is 13.8 Å². The summed E-state index contributed by atoms with van der Waals surface area (Å²) in [6.45, 7) is 7.24. The standard InChI is InChI=1S/C15H19N3O2/c1-4-16-9-12-6-5-7-13(8-12)17-15(19)14-10(2)18-20-11(14)3/h5-8,16H,4,9H2,1-3H3,(H,17,19). The summed E-state index contributed by atoms with van der Waals surface area (Å²) in [5, 5.41) is 9.92. The molecule has 1 heterocycles. The molecule has 0 saturated carbocycles. The van der Waals surface area contributed by atoms with Gasteiger partial charge in [-0.2, -0.15) is 0 Å². The second-order valence-electron chi connectivity index (χ2n) is 4.63. The van der Waals surface area contributed by atoms with Gasteiger partial charge >= 0.3 is 0 Å². The number of hydrogen-bond acceptors (Lipinski definition) is 4. The van der Waals surface area contributed by atoms with Crippen molar-refractivity contribution < 1.29 is 9.32 Å². The Labute approximate surface area is 118 Å². The second kappa shape index (κ2) is 6.34. The number of hydrogen-bond donors (Lipinski definition) is 2. The molecule has 0 bridgehead atoms. The lowest BCUT2D eigenvalue weighted by atomic mass is 10.1. The number of carbonyl (C=O) groups excluding carboxylic acids is 1. The Morgan fingerprint density at radius 3 is 2.80 bits per heavy atom. The zero-order chi connectivity index (χ0) is 14.5. The van der Waals surface area contributed by atoms with E-state index in [9.17, 15) is 4.79 Å². The van der Waals surface area contributed by atoms with Gasteiger partial charge in [-0.25, -0.2) is 0 Å². The molecule has 0 aliphatic carbocycles. The number of benzene rings is 1. The second-order valence-corrected chi connectivity index (χ2v) is 4.63. The molecule has 2 N–H and O–H groups in total. The molecule has 2 aromatic rings. The van der Waals surface area contributed by atoms with Crippen LogP contribution < -0.4 is 10.6 Å². The minimum absolute atomic E-state index is 0.193. The van der Waals surface area contributed by atoms with Gasteiger partial charge in [0.2, 0.25) is 0 Å². The van der Waals surface area contributed by atoms with E-state index in [-0.39, 0.29) is 5.91 Å². The van der Waals surface area contributed by atoms with Crippen molar-refractivity contribution >= 4 is 11.6 Å². The molecule has 0 unspecified atom stereocenters. The van der Waals surface area contributed by atoms with Gasteiger partial charge in [0.05, 0.1) is 5.69 Å². The summed E-state index contributed by atoms with van der Waals surface area (Å²) in [5.74, 6) is 0.339. The number of aryl methyl sites for hydroxylation is 2. The van der Waals surface area contributed by atoms with E-state index in [1.807, 2.05) is 24.3 Å². The van der Waals surface area contributed by atoms with E-state index in [0.717, 1.165) is 24.3 Å². The third-order valence-electron chi connectivity index (χ3n) is 3.02. The van der Waals surface area contributed by atoms with Crippen LogP contribution in [0.2, 0.25) is 0 Å². The number of amides is 1. The van der Waals surface area contributed by atoms with Gasteiger partial charge in [-0.3, -0.25) is 4.79 Å². The molecular formula is C15H19N3O2. The van der Waals surface area contributed by atoms with Gasteiger partial charge in [-0.05, 0) is 38.1 Å². The van der Waals surface area contributed by atoms with Crippen LogP contribution >= 0.6 is 0 Å². The number of nitrogens with zero attached hydrogens (tertiary/aromatic N) is 1. The highest BCUT2D eigenvalue weighted by molar-refractivity contribution is 6.05. The molecule has 20 heavy (non-hydrogen) atoms. The van der Waals surface area contributed by atoms with Crippen LogP contribution in [0.5, 0.6) is 0 Å². The van der Waals surface area contributed by atoms with E-state index >= 15 is 0 Å². The minimum Gasteiger partial charge on any atom is -0.361 e. The van der Waals surface area contributed by atoms with Crippen LogP contribution in [0.1, 0.15) is 34.3 Å². The van der Waals surface area contributed by atoms with Crippen LogP contribution in [0.15, 0.2) is 28.8 Å². The first kappa shape index (κ1) is 14.3. The lowest BCUT2D eigenvalue weighted by Gasteiger charge is -2.07. The molecule has 0 radical (unpaired) electrons. The first-order valence-electron chi connectivity index (χ1n) is 6.65. The Balaban J connectivity index is 2.12. The third kappa shape index (κ3) is 3.24. The fourth-order valence-corrected chi connectivity index (χ4v) is 2.03. The highest BCUT2D eigenvalue weighted by atomic mass is 16.5. The molecule has 5 nitrogen and oxygen atoms in total. The first-order valence-corrected chi connectivity index (χ1v) is 6.65. The lowest BCUT2D eigenvalue weighted by molar-refractivity contribution is 0.102. The average Bonchev–Trinajstić information content (AvgIpc) is 2.76. The molecule has 1 amide bonds. The van der Waals surface area contributed by atoms with E-state index < -0.39 is 0 Å². The topological polar surface area (TPSA) is 67.2 Å². The van der Waals surface area contributed by atoms with Crippen molar-refractivity contribution in [2.75, 3.05) is 11.9 Å². The quantitative estimate of drug-likeness (QED) is 0.879. The summed E-state index contributed by atoms with van der Waals surface area (Å²) < 4.78 is 5.01. The molecule has 0 fully saturated rings. The molecule has 0 saturated heterocycles. The van der Waals surface area contributed by atoms with Gasteiger partial charge in [-0.1, -0.05) is 24.2 Å². The Morgan fingerprint density at radius 1 is 1.35 bits per heavy atom. The van der Waals surface area contributed by atoms with Crippen LogP contribution in [0.25, 0.3) is 0 Å². The summed E-state index contributed by atoms with van der Waals surface area (Å²) in [6, 6.07) is 7.77. The predicted molar refractivity (Wildman–Crippen MR) is 77.8 cm³/mol. The van der Waals surface area contributed by atoms with Gasteiger partial charge in [0.15, 0.2) is 0 Å². The van der Waals surface area contributed by atoms with Crippen molar-refractivity contribution in [2.45, 2.75) is 27.3 Å². The van der Waals surface area contributed by atoms with Crippen molar-refractivity contribution in [1.29, 1.82) is 0 Å². The van der Waals surface area contributed by atoms with Gasteiger partial charge in [0.1, 0.15) is 11.3 Å². The van der Waals surface area contributed by atoms with Crippen LogP contribution in [-0.2, 0) is 6.54 Å². The van der Waals surface area contributed by atoms with E-state index in [2.05, 4.69) is 22.7 Å². The van der Waals surface area contributed by atoms with Crippen molar-refractivity contribution in [2.24, 2.45) is 0 Å². The highest BCUT2D eigenvalue weighted by Gasteiger charge is 2.17. The fourth-order valence-electron chi connectivity index (χ4n) is 2.03. The maximum atomic E-state index is 12.2. The molecule has 2 rings (SSSR count). The monoisotopic (exact) mass is 273 g/mol. The molecule has 0 spiro atoms. The molecular weight excluding hydrogens is 254 g/mol. The third-order valence-corrected chi connectivity index (χ3v) is 3.02. The van der Waals surface area contributed by atoms with Crippen molar-refractivity contribution in [3.8, 4) is 0 Å². The SMILES string of the molecule is CCNCc1cccc(NC(=O)c2c(C)noc2C)c1. The van der Waals surface area contributed by atoms with E-state index in [1.54, 1.807) is 13.8 Å². The van der Waals surface area contributed by atoms with Crippen molar-refractivity contribution in [3.05, 3.63) is 46.8 Å². The van der Waals surface area contributed by atoms with Crippen molar-refractivity contribution in [1.82, 2.24) is 10.5 Å². The zero-order valence-corrected chi connectivity index (χ0v) is 12.0. The Bertz CT molecular complexity index is 585. The van der Waals surface area contributed by atoms with Gasteiger partial charge in [0.25, 0.3) is 5.91 Å². The minimum atomic E-state index is -0.193. The highest BCUT2D eigenvalue weighted by Crippen LogP contribution is 2.16. The number of carbonyl (C=O) groups is 1. The average molecular weight is 273 g/mol. The Kier molecular flexibility index (Phi) is 4.53. The molecule has 1 aromatic carbocycles.